The molecular formula is C6H10ClFO2S. The maximum atomic E-state index is 13.3. The van der Waals surface area contributed by atoms with E-state index in [0.29, 0.717) is 12.8 Å². The molecule has 0 bridgehead atoms. The molecule has 2 nitrogen and oxygen atoms in total. The molecule has 0 amide bonds. The van der Waals surface area contributed by atoms with E-state index in [1.807, 2.05) is 0 Å². The molecule has 0 aromatic heterocycles. The van der Waals surface area contributed by atoms with Crippen molar-refractivity contribution >= 4 is 19.7 Å². The highest BCUT2D eigenvalue weighted by Crippen LogP contribution is 2.35. The van der Waals surface area contributed by atoms with Gasteiger partial charge in [-0.1, -0.05) is 12.8 Å². The van der Waals surface area contributed by atoms with Crippen LogP contribution in [0.4, 0.5) is 4.39 Å². The van der Waals surface area contributed by atoms with Gasteiger partial charge in [0.2, 0.25) is 9.05 Å². The number of halogens is 2. The molecule has 0 aliphatic heterocycles. The Morgan fingerprint density at radius 2 is 1.82 bits per heavy atom. The largest absolute Gasteiger partial charge is 0.243 e. The first-order valence-corrected chi connectivity index (χ1v) is 6.00. The van der Waals surface area contributed by atoms with Gasteiger partial charge in [0.15, 0.2) is 0 Å². The van der Waals surface area contributed by atoms with Gasteiger partial charge in [-0.3, -0.25) is 0 Å². The van der Waals surface area contributed by atoms with Gasteiger partial charge in [0.1, 0.15) is 5.67 Å². The molecule has 11 heavy (non-hydrogen) atoms. The minimum absolute atomic E-state index is 0.332. The zero-order chi connectivity index (χ0) is 8.54. The lowest BCUT2D eigenvalue weighted by molar-refractivity contribution is 0.204. The van der Waals surface area contributed by atoms with Crippen molar-refractivity contribution in [3.8, 4) is 0 Å². The summed E-state index contributed by atoms with van der Waals surface area (Å²) in [5, 5.41) is 0. The average molecular weight is 201 g/mol. The van der Waals surface area contributed by atoms with Crippen molar-refractivity contribution in [2.75, 3.05) is 5.75 Å². The molecule has 0 spiro atoms. The van der Waals surface area contributed by atoms with Crippen LogP contribution in [-0.2, 0) is 9.05 Å². The molecule has 5 heteroatoms. The third kappa shape index (κ3) is 2.95. The Morgan fingerprint density at radius 3 is 2.18 bits per heavy atom. The minimum atomic E-state index is -3.67. The van der Waals surface area contributed by atoms with Crippen LogP contribution >= 0.6 is 10.7 Å². The molecule has 0 aromatic carbocycles. The van der Waals surface area contributed by atoms with Gasteiger partial charge < -0.3 is 0 Å². The molecule has 1 aliphatic rings. The van der Waals surface area contributed by atoms with Crippen molar-refractivity contribution in [2.45, 2.75) is 31.4 Å². The fourth-order valence-corrected chi connectivity index (χ4v) is 2.96. The molecule has 0 unspecified atom stereocenters. The fraction of sp³-hybridized carbons (Fsp3) is 1.00. The predicted octanol–water partition coefficient (Wildman–Crippen LogP) is 1.84. The van der Waals surface area contributed by atoms with E-state index in [4.69, 9.17) is 10.7 Å². The monoisotopic (exact) mass is 200 g/mol. The van der Waals surface area contributed by atoms with Crippen LogP contribution in [0, 0.1) is 0 Å². The summed E-state index contributed by atoms with van der Waals surface area (Å²) in [4.78, 5) is 0. The maximum Gasteiger partial charge on any atom is 0.235 e. The molecule has 0 N–H and O–H groups in total. The number of rotatable bonds is 2. The van der Waals surface area contributed by atoms with E-state index in [1.165, 1.54) is 0 Å². The van der Waals surface area contributed by atoms with E-state index in [-0.39, 0.29) is 0 Å². The van der Waals surface area contributed by atoms with Crippen molar-refractivity contribution in [2.24, 2.45) is 0 Å². The van der Waals surface area contributed by atoms with Gasteiger partial charge in [0.25, 0.3) is 0 Å². The maximum absolute atomic E-state index is 13.3. The minimum Gasteiger partial charge on any atom is -0.243 e. The first-order valence-electron chi connectivity index (χ1n) is 3.53. The SMILES string of the molecule is O=S(=O)(Cl)CC1(F)CCCC1. The Balaban J connectivity index is 2.60. The second kappa shape index (κ2) is 2.90. The van der Waals surface area contributed by atoms with Crippen LogP contribution in [0.25, 0.3) is 0 Å². The van der Waals surface area contributed by atoms with Gasteiger partial charge in [-0.2, -0.15) is 0 Å². The molecular weight excluding hydrogens is 191 g/mol. The van der Waals surface area contributed by atoms with Crippen molar-refractivity contribution < 1.29 is 12.8 Å². The molecule has 1 rings (SSSR count). The lowest BCUT2D eigenvalue weighted by atomic mass is 10.1. The molecule has 0 radical (unpaired) electrons. The van der Waals surface area contributed by atoms with Gasteiger partial charge in [0, 0.05) is 10.7 Å². The highest BCUT2D eigenvalue weighted by molar-refractivity contribution is 8.13. The summed E-state index contributed by atoms with van der Waals surface area (Å²) in [5.41, 5.74) is -1.54. The smallest absolute Gasteiger partial charge is 0.235 e. The molecule has 1 aliphatic carbocycles. The molecule has 1 fully saturated rings. The highest BCUT2D eigenvalue weighted by atomic mass is 35.7. The normalized spacial score (nSPS) is 23.8. The van der Waals surface area contributed by atoms with Crippen molar-refractivity contribution in [3.05, 3.63) is 0 Å². The number of hydrogen-bond acceptors (Lipinski definition) is 2. The second-order valence-corrected chi connectivity index (χ2v) is 5.82. The van der Waals surface area contributed by atoms with Crippen LogP contribution in [0.2, 0.25) is 0 Å². The summed E-state index contributed by atoms with van der Waals surface area (Å²) in [6.45, 7) is 0. The van der Waals surface area contributed by atoms with Crippen LogP contribution < -0.4 is 0 Å². The van der Waals surface area contributed by atoms with Crippen molar-refractivity contribution in [1.82, 2.24) is 0 Å². The van der Waals surface area contributed by atoms with Crippen LogP contribution in [-0.4, -0.2) is 19.8 Å². The third-order valence-electron chi connectivity index (χ3n) is 1.93. The predicted molar refractivity (Wildman–Crippen MR) is 41.9 cm³/mol. The summed E-state index contributed by atoms with van der Waals surface area (Å²) in [5.74, 6) is -0.526. The topological polar surface area (TPSA) is 34.1 Å². The molecule has 0 aromatic rings. The van der Waals surface area contributed by atoms with Gasteiger partial charge >= 0.3 is 0 Å². The standard InChI is InChI=1S/C6H10ClFO2S/c7-11(9,10)5-6(8)3-1-2-4-6/h1-5H2. The summed E-state index contributed by atoms with van der Waals surface area (Å²) in [6.07, 6.45) is 2.20. The van der Waals surface area contributed by atoms with Crippen LogP contribution in [0.15, 0.2) is 0 Å². The summed E-state index contributed by atoms with van der Waals surface area (Å²) >= 11 is 0. The van der Waals surface area contributed by atoms with E-state index < -0.39 is 20.5 Å². The Bertz CT molecular complexity index is 231. The lowest BCUT2D eigenvalue weighted by Gasteiger charge is -2.15. The van der Waals surface area contributed by atoms with Gasteiger partial charge in [-0.25, -0.2) is 12.8 Å². The number of hydrogen-bond donors (Lipinski definition) is 0. The first kappa shape index (κ1) is 9.26. The Kier molecular flexibility index (Phi) is 2.44. The fourth-order valence-electron chi connectivity index (χ4n) is 1.46. The van der Waals surface area contributed by atoms with E-state index in [0.717, 1.165) is 12.8 Å². The van der Waals surface area contributed by atoms with E-state index in [2.05, 4.69) is 0 Å². The van der Waals surface area contributed by atoms with Crippen LogP contribution in [0.5, 0.6) is 0 Å². The molecule has 1 saturated carbocycles. The van der Waals surface area contributed by atoms with E-state index in [9.17, 15) is 12.8 Å². The van der Waals surface area contributed by atoms with Crippen LogP contribution in [0.3, 0.4) is 0 Å². The molecule has 0 heterocycles. The Morgan fingerprint density at radius 1 is 1.36 bits per heavy atom. The summed E-state index contributed by atoms with van der Waals surface area (Å²) in [7, 11) is 1.27. The van der Waals surface area contributed by atoms with Gasteiger partial charge in [0.05, 0.1) is 5.75 Å². The molecule has 0 atom stereocenters. The van der Waals surface area contributed by atoms with E-state index in [1.54, 1.807) is 0 Å². The first-order chi connectivity index (χ1) is 4.91. The third-order valence-corrected chi connectivity index (χ3v) is 3.12. The molecule has 0 saturated heterocycles. The average Bonchev–Trinajstić information content (AvgIpc) is 2.09. The Hall–Kier alpha value is 0.170. The zero-order valence-corrected chi connectivity index (χ0v) is 7.59. The highest BCUT2D eigenvalue weighted by Gasteiger charge is 2.37. The lowest BCUT2D eigenvalue weighted by Crippen LogP contribution is -2.26. The van der Waals surface area contributed by atoms with E-state index >= 15 is 0 Å². The Labute approximate surface area is 70.2 Å². The van der Waals surface area contributed by atoms with Gasteiger partial charge in [-0.15, -0.1) is 0 Å². The van der Waals surface area contributed by atoms with Crippen LogP contribution in [0.1, 0.15) is 25.7 Å². The van der Waals surface area contributed by atoms with Crippen molar-refractivity contribution in [3.63, 3.8) is 0 Å². The molecule has 66 valence electrons. The summed E-state index contributed by atoms with van der Waals surface area (Å²) in [6, 6.07) is 0. The zero-order valence-electron chi connectivity index (χ0n) is 6.02. The quantitative estimate of drug-likeness (QED) is 0.638. The van der Waals surface area contributed by atoms with Crippen molar-refractivity contribution in [1.29, 1.82) is 0 Å². The number of alkyl halides is 1. The summed E-state index contributed by atoms with van der Waals surface area (Å²) < 4.78 is 34.4. The van der Waals surface area contributed by atoms with Gasteiger partial charge in [-0.05, 0) is 12.8 Å². The second-order valence-electron chi connectivity index (χ2n) is 3.04.